The first-order valence-corrected chi connectivity index (χ1v) is 6.79. The number of nitrogens with two attached hydrogens (primary N) is 1. The summed E-state index contributed by atoms with van der Waals surface area (Å²) in [5.74, 6) is -0.875. The number of aryl methyl sites for hydroxylation is 1. The van der Waals surface area contributed by atoms with Crippen LogP contribution < -0.4 is 5.73 Å². The van der Waals surface area contributed by atoms with Crippen molar-refractivity contribution in [3.63, 3.8) is 0 Å². The minimum absolute atomic E-state index is 0.339. The Hall–Kier alpha value is -2.40. The number of hydrogen-bond acceptors (Lipinski definition) is 4. The summed E-state index contributed by atoms with van der Waals surface area (Å²) in [5.41, 5.74) is 7.90. The number of thiazole rings is 1. The number of para-hydroxylation sites is 1. The van der Waals surface area contributed by atoms with Crippen LogP contribution in [0.15, 0.2) is 48.5 Å². The highest BCUT2D eigenvalue weighted by molar-refractivity contribution is 7.22. The third-order valence-corrected chi connectivity index (χ3v) is 3.47. The summed E-state index contributed by atoms with van der Waals surface area (Å²) in [6, 6.07) is 14.7. The van der Waals surface area contributed by atoms with Crippen LogP contribution in [0.25, 0.3) is 10.2 Å². The van der Waals surface area contributed by atoms with Crippen LogP contribution in [0.2, 0.25) is 0 Å². The van der Waals surface area contributed by atoms with E-state index < -0.39 is 5.97 Å². The van der Waals surface area contributed by atoms with Crippen LogP contribution in [-0.2, 0) is 0 Å². The minimum Gasteiger partial charge on any atom is -0.478 e. The lowest BCUT2D eigenvalue weighted by Gasteiger charge is -1.92. The highest BCUT2D eigenvalue weighted by Crippen LogP contribution is 2.22. The Labute approximate surface area is 120 Å². The monoisotopic (exact) mass is 286 g/mol. The molecule has 0 saturated heterocycles. The molecule has 0 aliphatic carbocycles. The van der Waals surface area contributed by atoms with Crippen molar-refractivity contribution in [1.82, 2.24) is 4.98 Å². The zero-order valence-corrected chi connectivity index (χ0v) is 11.7. The van der Waals surface area contributed by atoms with Crippen LogP contribution in [0.3, 0.4) is 0 Å². The lowest BCUT2D eigenvalue weighted by atomic mass is 10.2. The second kappa shape index (κ2) is 6.16. The van der Waals surface area contributed by atoms with Crippen LogP contribution in [0, 0.1) is 6.92 Å². The van der Waals surface area contributed by atoms with Crippen molar-refractivity contribution in [2.24, 2.45) is 0 Å². The molecule has 1 heterocycles. The van der Waals surface area contributed by atoms with E-state index in [9.17, 15) is 4.79 Å². The fourth-order valence-electron chi connectivity index (χ4n) is 1.59. The van der Waals surface area contributed by atoms with E-state index in [1.807, 2.05) is 31.2 Å². The second-order valence-electron chi connectivity index (χ2n) is 4.19. The molecule has 0 atom stereocenters. The number of anilines is 1. The molecule has 102 valence electrons. The predicted molar refractivity (Wildman–Crippen MR) is 82.2 cm³/mol. The minimum atomic E-state index is -0.875. The summed E-state index contributed by atoms with van der Waals surface area (Å²) in [5, 5.41) is 9.12. The molecule has 3 rings (SSSR count). The molecule has 0 spiro atoms. The van der Waals surface area contributed by atoms with Crippen molar-refractivity contribution < 1.29 is 9.90 Å². The second-order valence-corrected chi connectivity index (χ2v) is 5.25. The number of hydrogen-bond donors (Lipinski definition) is 2. The van der Waals surface area contributed by atoms with E-state index in [0.29, 0.717) is 10.7 Å². The van der Waals surface area contributed by atoms with Gasteiger partial charge >= 0.3 is 5.97 Å². The van der Waals surface area contributed by atoms with Gasteiger partial charge in [0.1, 0.15) is 0 Å². The number of nitrogens with zero attached hydrogens (tertiary/aromatic N) is 1. The molecule has 5 heteroatoms. The molecule has 3 N–H and O–H groups in total. The van der Waals surface area contributed by atoms with Gasteiger partial charge in [0.25, 0.3) is 0 Å². The maximum absolute atomic E-state index is 10.3. The molecule has 3 aromatic rings. The summed E-state index contributed by atoms with van der Waals surface area (Å²) in [6.45, 7) is 1.92. The number of aromatic carboxylic acids is 1. The maximum Gasteiger partial charge on any atom is 0.335 e. The van der Waals surface area contributed by atoms with E-state index in [0.717, 1.165) is 15.8 Å². The van der Waals surface area contributed by atoms with Crippen LogP contribution >= 0.6 is 11.3 Å². The van der Waals surface area contributed by atoms with Gasteiger partial charge in [-0.2, -0.15) is 0 Å². The van der Waals surface area contributed by atoms with Gasteiger partial charge in [0.2, 0.25) is 0 Å². The van der Waals surface area contributed by atoms with Gasteiger partial charge in [-0.3, -0.25) is 0 Å². The molecule has 4 nitrogen and oxygen atoms in total. The molecule has 0 amide bonds. The van der Waals surface area contributed by atoms with Crippen molar-refractivity contribution in [2.75, 3.05) is 5.73 Å². The summed E-state index contributed by atoms with van der Waals surface area (Å²) >= 11 is 1.52. The fourth-order valence-corrected chi connectivity index (χ4v) is 2.32. The molecule has 0 unspecified atom stereocenters. The SMILES string of the molecule is Cc1ccc(C(=O)O)cc1.Nc1nc2ccccc2s1. The van der Waals surface area contributed by atoms with E-state index in [1.165, 1.54) is 11.3 Å². The molecule has 2 aromatic carbocycles. The van der Waals surface area contributed by atoms with Crippen molar-refractivity contribution in [3.05, 3.63) is 59.7 Å². The van der Waals surface area contributed by atoms with Gasteiger partial charge in [0, 0.05) is 0 Å². The van der Waals surface area contributed by atoms with Crippen molar-refractivity contribution >= 4 is 32.7 Å². The average Bonchev–Trinajstić information content (AvgIpc) is 2.80. The molecule has 1 aromatic heterocycles. The van der Waals surface area contributed by atoms with Gasteiger partial charge in [-0.15, -0.1) is 0 Å². The standard InChI is InChI=1S/C8H8O2.C7H6N2S/c1-6-2-4-7(5-3-6)8(9)10;8-7-9-5-3-1-2-4-6(5)10-7/h2-5H,1H3,(H,9,10);1-4H,(H2,8,9). The number of nitrogen functional groups attached to an aromatic ring is 1. The zero-order valence-electron chi connectivity index (χ0n) is 10.9. The van der Waals surface area contributed by atoms with Crippen LogP contribution in [-0.4, -0.2) is 16.1 Å². The summed E-state index contributed by atoms with van der Waals surface area (Å²) < 4.78 is 1.15. The smallest absolute Gasteiger partial charge is 0.335 e. The Bertz CT molecular complexity index is 687. The van der Waals surface area contributed by atoms with Gasteiger partial charge in [0.05, 0.1) is 15.8 Å². The number of fused-ring (bicyclic) bond motifs is 1. The predicted octanol–water partition coefficient (Wildman–Crippen LogP) is 3.57. The normalized spacial score (nSPS) is 9.85. The Morgan fingerprint density at radius 1 is 1.15 bits per heavy atom. The van der Waals surface area contributed by atoms with E-state index in [-0.39, 0.29) is 0 Å². The van der Waals surface area contributed by atoms with Gasteiger partial charge in [-0.25, -0.2) is 9.78 Å². The summed E-state index contributed by atoms with van der Waals surface area (Å²) in [4.78, 5) is 14.4. The average molecular weight is 286 g/mol. The molecule has 0 fully saturated rings. The van der Waals surface area contributed by atoms with Gasteiger partial charge in [0.15, 0.2) is 5.13 Å². The Kier molecular flexibility index (Phi) is 4.32. The molecule has 0 aliphatic heterocycles. The number of aromatic nitrogens is 1. The van der Waals surface area contributed by atoms with Gasteiger partial charge in [-0.05, 0) is 31.2 Å². The van der Waals surface area contributed by atoms with Gasteiger partial charge in [-0.1, -0.05) is 41.2 Å². The molecule has 20 heavy (non-hydrogen) atoms. The van der Waals surface area contributed by atoms with Crippen LogP contribution in [0.4, 0.5) is 5.13 Å². The lowest BCUT2D eigenvalue weighted by Crippen LogP contribution is -1.94. The maximum atomic E-state index is 10.3. The van der Waals surface area contributed by atoms with Crippen molar-refractivity contribution in [1.29, 1.82) is 0 Å². The van der Waals surface area contributed by atoms with E-state index in [2.05, 4.69) is 4.98 Å². The number of carbonyl (C=O) groups is 1. The lowest BCUT2D eigenvalue weighted by molar-refractivity contribution is 0.0697. The summed E-state index contributed by atoms with van der Waals surface area (Å²) in [7, 11) is 0. The molecular weight excluding hydrogens is 272 g/mol. The molecule has 0 radical (unpaired) electrons. The quantitative estimate of drug-likeness (QED) is 0.717. The van der Waals surface area contributed by atoms with Gasteiger partial charge < -0.3 is 10.8 Å². The highest BCUT2D eigenvalue weighted by Gasteiger charge is 1.98. The van der Waals surface area contributed by atoms with Crippen molar-refractivity contribution in [3.8, 4) is 0 Å². The Morgan fingerprint density at radius 2 is 1.80 bits per heavy atom. The molecule has 0 saturated carbocycles. The first-order chi connectivity index (χ1) is 9.56. The zero-order chi connectivity index (χ0) is 14.5. The fraction of sp³-hybridized carbons (Fsp3) is 0.0667. The largest absolute Gasteiger partial charge is 0.478 e. The van der Waals surface area contributed by atoms with E-state index in [4.69, 9.17) is 10.8 Å². The van der Waals surface area contributed by atoms with Crippen LogP contribution in [0.5, 0.6) is 0 Å². The third-order valence-electron chi connectivity index (χ3n) is 2.61. The number of benzene rings is 2. The molecule has 0 aliphatic rings. The topological polar surface area (TPSA) is 76.2 Å². The highest BCUT2D eigenvalue weighted by atomic mass is 32.1. The van der Waals surface area contributed by atoms with Crippen LogP contribution in [0.1, 0.15) is 15.9 Å². The summed E-state index contributed by atoms with van der Waals surface area (Å²) in [6.07, 6.45) is 0. The van der Waals surface area contributed by atoms with E-state index >= 15 is 0 Å². The number of carboxylic acids is 1. The number of rotatable bonds is 1. The number of carboxylic acid groups (broad SMARTS) is 1. The van der Waals surface area contributed by atoms with E-state index in [1.54, 1.807) is 24.3 Å². The first kappa shape index (κ1) is 14.0. The molecule has 0 bridgehead atoms. The first-order valence-electron chi connectivity index (χ1n) is 5.97. The Morgan fingerprint density at radius 3 is 2.40 bits per heavy atom. The third kappa shape index (κ3) is 3.55. The Balaban J connectivity index is 0.000000147. The van der Waals surface area contributed by atoms with Crippen molar-refractivity contribution in [2.45, 2.75) is 6.92 Å². The molecular formula is C15H14N2O2S.